The number of para-hydroxylation sites is 1. The van der Waals surface area contributed by atoms with Crippen LogP contribution < -0.4 is 15.4 Å². The molecular weight excluding hydrogens is 364 g/mol. The fourth-order valence-electron chi connectivity index (χ4n) is 4.64. The zero-order chi connectivity index (χ0) is 19.8. The van der Waals surface area contributed by atoms with Crippen molar-refractivity contribution in [3.63, 3.8) is 0 Å². The highest BCUT2D eigenvalue weighted by Crippen LogP contribution is 2.27. The maximum atomic E-state index is 12.9. The van der Waals surface area contributed by atoms with E-state index in [1.165, 1.54) is 12.8 Å². The molecule has 2 aliphatic rings. The Kier molecular flexibility index (Phi) is 4.72. The number of aryl methyl sites for hydroxylation is 1. The highest BCUT2D eigenvalue weighted by molar-refractivity contribution is 5.97. The number of hydrogen-bond acceptors (Lipinski definition) is 4. The van der Waals surface area contributed by atoms with Crippen LogP contribution >= 0.6 is 0 Å². The first kappa shape index (κ1) is 18.2. The molecule has 2 aromatic heterocycles. The third kappa shape index (κ3) is 3.72. The van der Waals surface area contributed by atoms with Gasteiger partial charge < -0.3 is 19.8 Å². The van der Waals surface area contributed by atoms with Gasteiger partial charge in [0.25, 0.3) is 5.91 Å². The van der Waals surface area contributed by atoms with Gasteiger partial charge in [-0.2, -0.15) is 0 Å². The van der Waals surface area contributed by atoms with Gasteiger partial charge in [0.15, 0.2) is 0 Å². The quantitative estimate of drug-likeness (QED) is 0.702. The normalized spacial score (nSPS) is 23.3. The number of hydrogen-bond donors (Lipinski definition) is 2. The van der Waals surface area contributed by atoms with Crippen molar-refractivity contribution in [2.75, 3.05) is 0 Å². The first-order chi connectivity index (χ1) is 14.2. The molecule has 29 heavy (non-hydrogen) atoms. The second-order valence-corrected chi connectivity index (χ2v) is 8.22. The molecule has 150 valence electrons. The van der Waals surface area contributed by atoms with Crippen molar-refractivity contribution in [1.29, 1.82) is 0 Å². The molecule has 4 heterocycles. The van der Waals surface area contributed by atoms with Crippen LogP contribution in [0.25, 0.3) is 5.65 Å². The molecule has 2 saturated heterocycles. The molecule has 2 aliphatic heterocycles. The van der Waals surface area contributed by atoms with Crippen LogP contribution in [0.3, 0.4) is 0 Å². The van der Waals surface area contributed by atoms with Crippen LogP contribution in [0.4, 0.5) is 0 Å². The molecule has 6 heteroatoms. The summed E-state index contributed by atoms with van der Waals surface area (Å²) in [6.45, 7) is 2.36. The summed E-state index contributed by atoms with van der Waals surface area (Å²) in [5.74, 6) is 0.536. The number of piperidine rings is 1. The molecule has 1 amide bonds. The number of carbonyl (C=O) groups is 1. The molecule has 2 fully saturated rings. The Morgan fingerprint density at radius 1 is 1.21 bits per heavy atom. The summed E-state index contributed by atoms with van der Waals surface area (Å²) in [6, 6.07) is 12.8. The number of ether oxygens (including phenoxy) is 1. The van der Waals surface area contributed by atoms with Crippen molar-refractivity contribution >= 4 is 11.6 Å². The monoisotopic (exact) mass is 390 g/mol. The van der Waals surface area contributed by atoms with Gasteiger partial charge in [0.1, 0.15) is 18.0 Å². The van der Waals surface area contributed by atoms with E-state index in [1.807, 2.05) is 60.1 Å². The summed E-state index contributed by atoms with van der Waals surface area (Å²) in [4.78, 5) is 17.6. The topological polar surface area (TPSA) is 67.7 Å². The Morgan fingerprint density at radius 3 is 2.79 bits per heavy atom. The van der Waals surface area contributed by atoms with Gasteiger partial charge >= 0.3 is 0 Å². The fourth-order valence-corrected chi connectivity index (χ4v) is 4.64. The number of pyridine rings is 1. The summed E-state index contributed by atoms with van der Waals surface area (Å²) >= 11 is 0. The number of fused-ring (bicyclic) bond motifs is 3. The van der Waals surface area contributed by atoms with E-state index in [0.29, 0.717) is 30.0 Å². The van der Waals surface area contributed by atoms with E-state index in [1.54, 1.807) is 0 Å². The first-order valence-corrected chi connectivity index (χ1v) is 10.4. The lowest BCUT2D eigenvalue weighted by Gasteiger charge is -2.29. The van der Waals surface area contributed by atoms with Crippen molar-refractivity contribution in [2.24, 2.45) is 0 Å². The molecule has 0 aliphatic carbocycles. The van der Waals surface area contributed by atoms with Crippen LogP contribution in [-0.2, 0) is 6.61 Å². The molecule has 0 radical (unpaired) electrons. The van der Waals surface area contributed by atoms with Crippen molar-refractivity contribution < 1.29 is 9.53 Å². The number of nitrogens with zero attached hydrogens (tertiary/aromatic N) is 2. The molecule has 2 unspecified atom stereocenters. The van der Waals surface area contributed by atoms with E-state index < -0.39 is 0 Å². The Morgan fingerprint density at radius 2 is 2.00 bits per heavy atom. The fraction of sp³-hybridized carbons (Fsp3) is 0.391. The Balaban J connectivity index is 1.28. The maximum Gasteiger partial charge on any atom is 0.255 e. The molecule has 0 saturated carbocycles. The standard InChI is InChI=1S/C23H26N4O2/c1-15-5-4-10-27-13-19(25-22(15)27)14-29-21-7-3-2-6-20(21)23(28)26-18-11-16-8-9-17(12-18)24-16/h2-7,10,13,16-18,24H,8-9,11-12,14H2,1H3,(H,26,28). The molecule has 5 rings (SSSR count). The van der Waals surface area contributed by atoms with Gasteiger partial charge in [-0.1, -0.05) is 18.2 Å². The van der Waals surface area contributed by atoms with E-state index in [-0.39, 0.29) is 11.9 Å². The molecule has 6 nitrogen and oxygen atoms in total. The summed E-state index contributed by atoms with van der Waals surface area (Å²) in [5.41, 5.74) is 3.47. The number of imidazole rings is 1. The van der Waals surface area contributed by atoms with Gasteiger partial charge in [-0.15, -0.1) is 0 Å². The highest BCUT2D eigenvalue weighted by atomic mass is 16.5. The van der Waals surface area contributed by atoms with Crippen molar-refractivity contribution in [3.8, 4) is 5.75 Å². The lowest BCUT2D eigenvalue weighted by atomic mass is 9.99. The van der Waals surface area contributed by atoms with Gasteiger partial charge in [0.05, 0.1) is 11.3 Å². The maximum absolute atomic E-state index is 12.9. The minimum atomic E-state index is -0.0576. The van der Waals surface area contributed by atoms with Gasteiger partial charge in [0, 0.05) is 30.5 Å². The molecule has 2 atom stereocenters. The van der Waals surface area contributed by atoms with E-state index in [4.69, 9.17) is 4.74 Å². The van der Waals surface area contributed by atoms with E-state index >= 15 is 0 Å². The van der Waals surface area contributed by atoms with Crippen LogP contribution in [0.15, 0.2) is 48.8 Å². The predicted molar refractivity (Wildman–Crippen MR) is 111 cm³/mol. The predicted octanol–water partition coefficient (Wildman–Crippen LogP) is 3.23. The van der Waals surface area contributed by atoms with Crippen LogP contribution in [0, 0.1) is 6.92 Å². The molecule has 3 aromatic rings. The third-order valence-electron chi connectivity index (χ3n) is 6.04. The van der Waals surface area contributed by atoms with Crippen molar-refractivity contribution in [3.05, 3.63) is 65.6 Å². The zero-order valence-corrected chi connectivity index (χ0v) is 16.6. The number of nitrogens with one attached hydrogen (secondary N) is 2. The van der Waals surface area contributed by atoms with Gasteiger partial charge in [-0.25, -0.2) is 4.98 Å². The molecule has 2 bridgehead atoms. The number of rotatable bonds is 5. The highest BCUT2D eigenvalue weighted by Gasteiger charge is 2.34. The third-order valence-corrected chi connectivity index (χ3v) is 6.04. The Labute approximate surface area is 170 Å². The average Bonchev–Trinajstić information content (AvgIpc) is 3.30. The van der Waals surface area contributed by atoms with Crippen molar-refractivity contribution in [1.82, 2.24) is 20.0 Å². The van der Waals surface area contributed by atoms with E-state index in [9.17, 15) is 4.79 Å². The van der Waals surface area contributed by atoms with Crippen LogP contribution in [-0.4, -0.2) is 33.4 Å². The smallest absolute Gasteiger partial charge is 0.255 e. The van der Waals surface area contributed by atoms with E-state index in [0.717, 1.165) is 29.7 Å². The van der Waals surface area contributed by atoms with E-state index in [2.05, 4.69) is 15.6 Å². The summed E-state index contributed by atoms with van der Waals surface area (Å²) < 4.78 is 8.01. The lowest BCUT2D eigenvalue weighted by molar-refractivity contribution is 0.0919. The van der Waals surface area contributed by atoms with Gasteiger partial charge in [0.2, 0.25) is 0 Å². The van der Waals surface area contributed by atoms with Crippen molar-refractivity contribution in [2.45, 2.75) is 57.3 Å². The van der Waals surface area contributed by atoms with Crippen LogP contribution in [0.1, 0.15) is 47.3 Å². The largest absolute Gasteiger partial charge is 0.486 e. The number of amides is 1. The minimum absolute atomic E-state index is 0.0576. The Hall–Kier alpha value is -2.86. The number of benzene rings is 1. The summed E-state index contributed by atoms with van der Waals surface area (Å²) in [5, 5.41) is 6.84. The average molecular weight is 390 g/mol. The minimum Gasteiger partial charge on any atom is -0.486 e. The molecule has 0 spiro atoms. The molecular formula is C23H26N4O2. The second-order valence-electron chi connectivity index (χ2n) is 8.22. The van der Waals surface area contributed by atoms with Crippen LogP contribution in [0.2, 0.25) is 0 Å². The second kappa shape index (κ2) is 7.52. The molecule has 2 N–H and O–H groups in total. The summed E-state index contributed by atoms with van der Waals surface area (Å²) in [6.07, 6.45) is 8.39. The number of carbonyl (C=O) groups excluding carboxylic acids is 1. The van der Waals surface area contributed by atoms with Gasteiger partial charge in [-0.05, 0) is 56.4 Å². The lowest BCUT2D eigenvalue weighted by Crippen LogP contribution is -2.48. The Bertz CT molecular complexity index is 1030. The molecule has 1 aromatic carbocycles. The first-order valence-electron chi connectivity index (χ1n) is 10.4. The van der Waals surface area contributed by atoms with Gasteiger partial charge in [-0.3, -0.25) is 4.79 Å². The zero-order valence-electron chi connectivity index (χ0n) is 16.6. The SMILES string of the molecule is Cc1cccn2cc(COc3ccccc3C(=O)NC3CC4CCC(C3)N4)nc12. The number of aromatic nitrogens is 2. The van der Waals surface area contributed by atoms with Crippen LogP contribution in [0.5, 0.6) is 5.75 Å². The summed E-state index contributed by atoms with van der Waals surface area (Å²) in [7, 11) is 0.